The highest BCUT2D eigenvalue weighted by Crippen LogP contribution is 2.36. The van der Waals surface area contributed by atoms with Crippen molar-refractivity contribution >= 4 is 16.6 Å². The van der Waals surface area contributed by atoms with Gasteiger partial charge in [0.2, 0.25) is 0 Å². The predicted molar refractivity (Wildman–Crippen MR) is 71.9 cm³/mol. The second-order valence-corrected chi connectivity index (χ2v) is 4.20. The molecule has 1 aromatic heterocycles. The monoisotopic (exact) mass is 248 g/mol. The molecular formula is C14H17FN2O. The van der Waals surface area contributed by atoms with E-state index in [0.717, 1.165) is 23.5 Å². The number of nitrogens with one attached hydrogen (secondary N) is 1. The van der Waals surface area contributed by atoms with Gasteiger partial charge in [-0.1, -0.05) is 0 Å². The quantitative estimate of drug-likeness (QED) is 0.903. The lowest BCUT2D eigenvalue weighted by molar-refractivity contribution is 0.419. The molecule has 18 heavy (non-hydrogen) atoms. The minimum atomic E-state index is -0.326. The van der Waals surface area contributed by atoms with Crippen molar-refractivity contribution in [2.75, 3.05) is 19.0 Å². The van der Waals surface area contributed by atoms with Gasteiger partial charge in [0, 0.05) is 12.2 Å². The molecule has 1 N–H and O–H groups in total. The van der Waals surface area contributed by atoms with Gasteiger partial charge in [-0.15, -0.1) is 0 Å². The van der Waals surface area contributed by atoms with E-state index in [2.05, 4.69) is 10.3 Å². The summed E-state index contributed by atoms with van der Waals surface area (Å²) in [7, 11) is 1.58. The third-order valence-corrected chi connectivity index (χ3v) is 3.11. The van der Waals surface area contributed by atoms with Crippen LogP contribution >= 0.6 is 0 Å². The molecule has 4 heteroatoms. The molecule has 1 aromatic carbocycles. The minimum Gasteiger partial charge on any atom is -0.496 e. The maximum absolute atomic E-state index is 13.9. The normalized spacial score (nSPS) is 10.7. The van der Waals surface area contributed by atoms with Gasteiger partial charge in [-0.05, 0) is 38.5 Å². The van der Waals surface area contributed by atoms with Gasteiger partial charge in [-0.2, -0.15) is 0 Å². The fraction of sp³-hybridized carbons (Fsp3) is 0.357. The number of rotatable bonds is 3. The van der Waals surface area contributed by atoms with Gasteiger partial charge in [0.1, 0.15) is 17.1 Å². The SMILES string of the molecule is CCNc1c(C)c(C)nc2c(F)ccc(OC)c12. The molecule has 0 radical (unpaired) electrons. The molecule has 0 atom stereocenters. The summed E-state index contributed by atoms with van der Waals surface area (Å²) in [5.41, 5.74) is 3.10. The maximum Gasteiger partial charge on any atom is 0.149 e. The van der Waals surface area contributed by atoms with Gasteiger partial charge >= 0.3 is 0 Å². The fourth-order valence-corrected chi connectivity index (χ4v) is 2.09. The molecule has 2 aromatic rings. The summed E-state index contributed by atoms with van der Waals surface area (Å²) in [5, 5.41) is 3.99. The number of hydrogen-bond donors (Lipinski definition) is 1. The summed E-state index contributed by atoms with van der Waals surface area (Å²) in [6.45, 7) is 6.63. The van der Waals surface area contributed by atoms with Gasteiger partial charge < -0.3 is 10.1 Å². The molecular weight excluding hydrogens is 231 g/mol. The molecule has 0 saturated carbocycles. The minimum absolute atomic E-state index is 0.326. The van der Waals surface area contributed by atoms with Crippen LogP contribution in [0.1, 0.15) is 18.2 Å². The summed E-state index contributed by atoms with van der Waals surface area (Å²) in [6.07, 6.45) is 0. The summed E-state index contributed by atoms with van der Waals surface area (Å²) < 4.78 is 19.2. The van der Waals surface area contributed by atoms with Crippen LogP contribution in [0.2, 0.25) is 0 Å². The first-order valence-corrected chi connectivity index (χ1v) is 5.97. The van der Waals surface area contributed by atoms with Crippen LogP contribution < -0.4 is 10.1 Å². The van der Waals surface area contributed by atoms with Gasteiger partial charge in [-0.25, -0.2) is 9.37 Å². The van der Waals surface area contributed by atoms with Crippen molar-refractivity contribution in [3.63, 3.8) is 0 Å². The van der Waals surface area contributed by atoms with Crippen molar-refractivity contribution in [2.45, 2.75) is 20.8 Å². The second kappa shape index (κ2) is 4.80. The average Bonchev–Trinajstić information content (AvgIpc) is 2.36. The van der Waals surface area contributed by atoms with Crippen LogP contribution in [0.4, 0.5) is 10.1 Å². The Kier molecular flexibility index (Phi) is 3.36. The van der Waals surface area contributed by atoms with E-state index < -0.39 is 0 Å². The lowest BCUT2D eigenvalue weighted by Crippen LogP contribution is -2.04. The number of methoxy groups -OCH3 is 1. The van der Waals surface area contributed by atoms with Crippen molar-refractivity contribution in [2.24, 2.45) is 0 Å². The number of ether oxygens (including phenoxy) is 1. The Hall–Kier alpha value is -1.84. The molecule has 0 aliphatic carbocycles. The smallest absolute Gasteiger partial charge is 0.149 e. The fourth-order valence-electron chi connectivity index (χ4n) is 2.09. The number of anilines is 1. The number of hydrogen-bond acceptors (Lipinski definition) is 3. The molecule has 3 nitrogen and oxygen atoms in total. The van der Waals surface area contributed by atoms with Crippen LogP contribution in [-0.2, 0) is 0 Å². The number of benzene rings is 1. The van der Waals surface area contributed by atoms with E-state index in [0.29, 0.717) is 16.7 Å². The van der Waals surface area contributed by atoms with Crippen LogP contribution in [0.25, 0.3) is 10.9 Å². The van der Waals surface area contributed by atoms with E-state index in [1.807, 2.05) is 20.8 Å². The van der Waals surface area contributed by atoms with E-state index in [1.165, 1.54) is 6.07 Å². The summed E-state index contributed by atoms with van der Waals surface area (Å²) >= 11 is 0. The van der Waals surface area contributed by atoms with Crippen LogP contribution in [-0.4, -0.2) is 18.6 Å². The van der Waals surface area contributed by atoms with Gasteiger partial charge in [0.25, 0.3) is 0 Å². The molecule has 0 aliphatic rings. The average molecular weight is 248 g/mol. The number of pyridine rings is 1. The van der Waals surface area contributed by atoms with Crippen LogP contribution in [0.15, 0.2) is 12.1 Å². The van der Waals surface area contributed by atoms with E-state index in [1.54, 1.807) is 13.2 Å². The molecule has 1 heterocycles. The third-order valence-electron chi connectivity index (χ3n) is 3.11. The van der Waals surface area contributed by atoms with Gasteiger partial charge in [0.05, 0.1) is 18.2 Å². The maximum atomic E-state index is 13.9. The molecule has 0 fully saturated rings. The lowest BCUT2D eigenvalue weighted by atomic mass is 10.1. The van der Waals surface area contributed by atoms with E-state index >= 15 is 0 Å². The Labute approximate surface area is 106 Å². The summed E-state index contributed by atoms with van der Waals surface area (Å²) in [5.74, 6) is 0.311. The first-order chi connectivity index (χ1) is 8.60. The Bertz CT molecular complexity index is 596. The highest BCUT2D eigenvalue weighted by Gasteiger charge is 2.16. The molecule has 0 amide bonds. The zero-order chi connectivity index (χ0) is 13.3. The summed E-state index contributed by atoms with van der Waals surface area (Å²) in [6, 6.07) is 3.02. The number of halogens is 1. The highest BCUT2D eigenvalue weighted by molar-refractivity contribution is 5.98. The molecule has 0 saturated heterocycles. The highest BCUT2D eigenvalue weighted by atomic mass is 19.1. The van der Waals surface area contributed by atoms with Crippen molar-refractivity contribution in [3.8, 4) is 5.75 Å². The zero-order valence-electron chi connectivity index (χ0n) is 11.1. The topological polar surface area (TPSA) is 34.2 Å². The van der Waals surface area contributed by atoms with Crippen molar-refractivity contribution < 1.29 is 9.13 Å². The number of aromatic nitrogens is 1. The Morgan fingerprint density at radius 1 is 1.33 bits per heavy atom. The molecule has 0 unspecified atom stereocenters. The number of nitrogens with zero attached hydrogens (tertiary/aromatic N) is 1. The van der Waals surface area contributed by atoms with Crippen LogP contribution in [0.5, 0.6) is 5.75 Å². The third kappa shape index (κ3) is 1.88. The molecule has 0 bridgehead atoms. The first-order valence-electron chi connectivity index (χ1n) is 5.97. The lowest BCUT2D eigenvalue weighted by Gasteiger charge is -2.16. The molecule has 0 spiro atoms. The van der Waals surface area contributed by atoms with E-state index in [9.17, 15) is 4.39 Å². The van der Waals surface area contributed by atoms with Crippen molar-refractivity contribution in [3.05, 3.63) is 29.2 Å². The Balaban J connectivity index is 2.91. The zero-order valence-corrected chi connectivity index (χ0v) is 11.1. The largest absolute Gasteiger partial charge is 0.496 e. The predicted octanol–water partition coefficient (Wildman–Crippen LogP) is 3.43. The summed E-state index contributed by atoms with van der Waals surface area (Å²) in [4.78, 5) is 4.33. The first kappa shape index (κ1) is 12.6. The standard InChI is InChI=1S/C14H17FN2O/c1-5-16-13-8(2)9(3)17-14-10(15)6-7-11(18-4)12(13)14/h6-7H,5H2,1-4H3,(H,16,17). The molecule has 0 aliphatic heterocycles. The molecule has 2 rings (SSSR count). The van der Waals surface area contributed by atoms with Gasteiger partial charge in [0.15, 0.2) is 0 Å². The number of aryl methyl sites for hydroxylation is 1. The van der Waals surface area contributed by atoms with Crippen molar-refractivity contribution in [1.29, 1.82) is 0 Å². The number of fused-ring (bicyclic) bond motifs is 1. The van der Waals surface area contributed by atoms with E-state index in [4.69, 9.17) is 4.74 Å². The van der Waals surface area contributed by atoms with Crippen LogP contribution in [0.3, 0.4) is 0 Å². The Morgan fingerprint density at radius 3 is 2.67 bits per heavy atom. The molecule has 96 valence electrons. The Morgan fingerprint density at radius 2 is 2.06 bits per heavy atom. The van der Waals surface area contributed by atoms with E-state index in [-0.39, 0.29) is 5.82 Å². The van der Waals surface area contributed by atoms with Crippen molar-refractivity contribution in [1.82, 2.24) is 4.98 Å². The second-order valence-electron chi connectivity index (χ2n) is 4.20. The van der Waals surface area contributed by atoms with Crippen LogP contribution in [0, 0.1) is 19.7 Å². The van der Waals surface area contributed by atoms with Gasteiger partial charge in [-0.3, -0.25) is 0 Å².